The number of nitrogens with two attached hydrogens (primary N) is 1. The zero-order valence-electron chi connectivity index (χ0n) is 18.6. The van der Waals surface area contributed by atoms with Crippen molar-refractivity contribution in [3.8, 4) is 5.75 Å². The van der Waals surface area contributed by atoms with Crippen LogP contribution >= 0.6 is 0 Å². The molecule has 0 heterocycles. The summed E-state index contributed by atoms with van der Waals surface area (Å²) >= 11 is 0. The smallest absolute Gasteiger partial charge is 0.264 e. The van der Waals surface area contributed by atoms with E-state index in [1.165, 1.54) is 28.6 Å². The van der Waals surface area contributed by atoms with Gasteiger partial charge in [-0.15, -0.1) is 0 Å². The number of ether oxygens (including phenoxy) is 1. The third-order valence-electron chi connectivity index (χ3n) is 4.86. The number of hydrogen-bond acceptors (Lipinski definition) is 6. The van der Waals surface area contributed by atoms with Crippen molar-refractivity contribution in [3.63, 3.8) is 0 Å². The minimum Gasteiger partial charge on any atom is -0.484 e. The van der Waals surface area contributed by atoms with E-state index in [9.17, 15) is 21.6 Å². The van der Waals surface area contributed by atoms with Gasteiger partial charge in [-0.3, -0.25) is 9.10 Å². The van der Waals surface area contributed by atoms with Crippen molar-refractivity contribution in [1.82, 2.24) is 0 Å². The minimum absolute atomic E-state index is 0.0626. The number of rotatable bonds is 9. The number of nitrogens with zero attached hydrogens (tertiary/aromatic N) is 1. The van der Waals surface area contributed by atoms with E-state index in [0.29, 0.717) is 17.1 Å². The standard InChI is InChI=1S/C23H25N3O6S2/c1-3-26(34(30,31)22-12-4-17(2)5-13-22)19-8-10-20(11-9-19)32-16-23(27)25-18-6-14-21(15-7-18)33(24,28)29/h4-15H,3,16H2,1-2H3,(H,25,27)(H2,24,28,29). The first-order valence-electron chi connectivity index (χ1n) is 10.3. The highest BCUT2D eigenvalue weighted by Crippen LogP contribution is 2.26. The molecule has 11 heteroatoms. The lowest BCUT2D eigenvalue weighted by atomic mass is 10.2. The van der Waals surface area contributed by atoms with Gasteiger partial charge in [-0.1, -0.05) is 17.7 Å². The lowest BCUT2D eigenvalue weighted by Gasteiger charge is -2.23. The maximum absolute atomic E-state index is 13.0. The fourth-order valence-corrected chi connectivity index (χ4v) is 5.10. The van der Waals surface area contributed by atoms with Crippen LogP contribution in [-0.4, -0.2) is 35.9 Å². The molecule has 3 aromatic carbocycles. The Morgan fingerprint density at radius 3 is 1.97 bits per heavy atom. The van der Waals surface area contributed by atoms with E-state index < -0.39 is 26.0 Å². The van der Waals surface area contributed by atoms with Crippen LogP contribution in [0, 0.1) is 6.92 Å². The number of sulfonamides is 2. The highest BCUT2D eigenvalue weighted by atomic mass is 32.2. The van der Waals surface area contributed by atoms with Crippen molar-refractivity contribution < 1.29 is 26.4 Å². The van der Waals surface area contributed by atoms with Gasteiger partial charge in [0.05, 0.1) is 15.5 Å². The highest BCUT2D eigenvalue weighted by molar-refractivity contribution is 7.92. The monoisotopic (exact) mass is 503 g/mol. The van der Waals surface area contributed by atoms with E-state index in [0.717, 1.165) is 5.56 Å². The second-order valence-electron chi connectivity index (χ2n) is 7.38. The van der Waals surface area contributed by atoms with Crippen LogP contribution in [0.5, 0.6) is 5.75 Å². The molecule has 0 spiro atoms. The molecule has 180 valence electrons. The molecular formula is C23H25N3O6S2. The summed E-state index contributed by atoms with van der Waals surface area (Å²) in [5, 5.41) is 7.63. The van der Waals surface area contributed by atoms with Gasteiger partial charge in [0, 0.05) is 12.2 Å². The molecule has 34 heavy (non-hydrogen) atoms. The van der Waals surface area contributed by atoms with Crippen LogP contribution in [0.2, 0.25) is 0 Å². The second kappa shape index (κ2) is 10.2. The minimum atomic E-state index is -3.81. The van der Waals surface area contributed by atoms with E-state index in [1.807, 2.05) is 6.92 Å². The van der Waals surface area contributed by atoms with Gasteiger partial charge >= 0.3 is 0 Å². The number of carbonyl (C=O) groups is 1. The normalized spacial score (nSPS) is 11.6. The molecule has 0 bridgehead atoms. The Hall–Kier alpha value is -3.41. The molecule has 0 saturated carbocycles. The third-order valence-corrected chi connectivity index (χ3v) is 7.70. The van der Waals surface area contributed by atoms with Crippen LogP contribution in [0.15, 0.2) is 82.6 Å². The van der Waals surface area contributed by atoms with E-state index in [2.05, 4.69) is 5.32 Å². The van der Waals surface area contributed by atoms with Crippen molar-refractivity contribution in [2.45, 2.75) is 23.6 Å². The molecule has 1 amide bonds. The summed E-state index contributed by atoms with van der Waals surface area (Å²) in [7, 11) is -7.54. The summed E-state index contributed by atoms with van der Waals surface area (Å²) in [6.45, 7) is 3.57. The topological polar surface area (TPSA) is 136 Å². The molecule has 3 rings (SSSR count). The molecule has 0 aromatic heterocycles. The van der Waals surface area contributed by atoms with Crippen LogP contribution in [0.25, 0.3) is 0 Å². The Bertz CT molecular complexity index is 1350. The highest BCUT2D eigenvalue weighted by Gasteiger charge is 2.23. The number of primary sulfonamides is 1. The van der Waals surface area contributed by atoms with Gasteiger partial charge in [0.1, 0.15) is 5.75 Å². The lowest BCUT2D eigenvalue weighted by molar-refractivity contribution is -0.118. The first-order valence-corrected chi connectivity index (χ1v) is 13.2. The van der Waals surface area contributed by atoms with Gasteiger partial charge in [0.25, 0.3) is 15.9 Å². The maximum atomic E-state index is 13.0. The van der Waals surface area contributed by atoms with E-state index in [1.54, 1.807) is 55.5 Å². The van der Waals surface area contributed by atoms with E-state index >= 15 is 0 Å². The number of aryl methyl sites for hydroxylation is 1. The quantitative estimate of drug-likeness (QED) is 0.461. The van der Waals surface area contributed by atoms with Crippen molar-refractivity contribution in [2.75, 3.05) is 22.8 Å². The number of amides is 1. The largest absolute Gasteiger partial charge is 0.484 e. The number of nitrogens with one attached hydrogen (secondary N) is 1. The Labute approximate surface area is 199 Å². The van der Waals surface area contributed by atoms with Crippen molar-refractivity contribution in [3.05, 3.63) is 78.4 Å². The van der Waals surface area contributed by atoms with Gasteiger partial charge in [0.2, 0.25) is 10.0 Å². The zero-order valence-corrected chi connectivity index (χ0v) is 20.3. The Morgan fingerprint density at radius 1 is 0.882 bits per heavy atom. The average Bonchev–Trinajstić information content (AvgIpc) is 2.79. The van der Waals surface area contributed by atoms with E-state index in [-0.39, 0.29) is 22.9 Å². The molecule has 3 N–H and O–H groups in total. The number of hydrogen-bond donors (Lipinski definition) is 2. The molecule has 0 unspecified atom stereocenters. The fourth-order valence-electron chi connectivity index (χ4n) is 3.11. The summed E-state index contributed by atoms with van der Waals surface area (Å²) in [5.41, 5.74) is 1.82. The van der Waals surface area contributed by atoms with Gasteiger partial charge < -0.3 is 10.1 Å². The molecule has 0 aliphatic rings. The van der Waals surface area contributed by atoms with Gasteiger partial charge in [0.15, 0.2) is 6.61 Å². The van der Waals surface area contributed by atoms with Crippen molar-refractivity contribution in [1.29, 1.82) is 0 Å². The molecule has 0 saturated heterocycles. The molecule has 0 aliphatic carbocycles. The van der Waals surface area contributed by atoms with Gasteiger partial charge in [-0.2, -0.15) is 0 Å². The summed E-state index contributed by atoms with van der Waals surface area (Å²) in [5.74, 6) is -0.0724. The molecular weight excluding hydrogens is 478 g/mol. The number of anilines is 2. The summed E-state index contributed by atoms with van der Waals surface area (Å²) in [6, 6.07) is 18.4. The molecule has 9 nitrogen and oxygen atoms in total. The van der Waals surface area contributed by atoms with Crippen LogP contribution in [0.1, 0.15) is 12.5 Å². The SMILES string of the molecule is CCN(c1ccc(OCC(=O)Nc2ccc(S(N)(=O)=O)cc2)cc1)S(=O)(=O)c1ccc(C)cc1. The number of carbonyl (C=O) groups excluding carboxylic acids is 1. The molecule has 3 aromatic rings. The molecule has 0 radical (unpaired) electrons. The van der Waals surface area contributed by atoms with Crippen LogP contribution in [0.3, 0.4) is 0 Å². The first-order chi connectivity index (χ1) is 16.0. The van der Waals surface area contributed by atoms with Gasteiger partial charge in [-0.25, -0.2) is 22.0 Å². The third kappa shape index (κ3) is 6.13. The van der Waals surface area contributed by atoms with Crippen molar-refractivity contribution in [2.24, 2.45) is 5.14 Å². The summed E-state index contributed by atoms with van der Waals surface area (Å²) < 4.78 is 55.4. The maximum Gasteiger partial charge on any atom is 0.264 e. The Morgan fingerprint density at radius 2 is 1.44 bits per heavy atom. The fraction of sp³-hybridized carbons (Fsp3) is 0.174. The second-order valence-corrected chi connectivity index (χ2v) is 10.8. The van der Waals surface area contributed by atoms with E-state index in [4.69, 9.17) is 9.88 Å². The molecule has 0 fully saturated rings. The summed E-state index contributed by atoms with van der Waals surface area (Å²) in [4.78, 5) is 12.3. The van der Waals surface area contributed by atoms with Crippen LogP contribution in [-0.2, 0) is 24.8 Å². The molecule has 0 atom stereocenters. The first kappa shape index (κ1) is 25.2. The van der Waals surface area contributed by atoms with Crippen molar-refractivity contribution >= 4 is 37.3 Å². The predicted molar refractivity (Wildman–Crippen MR) is 130 cm³/mol. The van der Waals surface area contributed by atoms with Crippen LogP contribution in [0.4, 0.5) is 11.4 Å². The molecule has 0 aliphatic heterocycles. The summed E-state index contributed by atoms with van der Waals surface area (Å²) in [6.07, 6.45) is 0. The lowest BCUT2D eigenvalue weighted by Crippen LogP contribution is -2.30. The van der Waals surface area contributed by atoms with Gasteiger partial charge in [-0.05, 0) is 74.5 Å². The average molecular weight is 504 g/mol. The number of benzene rings is 3. The Kier molecular flexibility index (Phi) is 7.60. The Balaban J connectivity index is 1.62. The van der Waals surface area contributed by atoms with Crippen LogP contribution < -0.4 is 19.5 Å². The predicted octanol–water partition coefficient (Wildman–Crippen LogP) is 2.88. The zero-order chi connectivity index (χ0) is 24.9.